The van der Waals surface area contributed by atoms with Gasteiger partial charge < -0.3 is 11.5 Å². The van der Waals surface area contributed by atoms with Gasteiger partial charge in [-0.25, -0.2) is 4.98 Å². The van der Waals surface area contributed by atoms with Crippen molar-refractivity contribution < 1.29 is 0 Å². The highest BCUT2D eigenvalue weighted by Crippen LogP contribution is 2.32. The summed E-state index contributed by atoms with van der Waals surface area (Å²) < 4.78 is 1.03. The van der Waals surface area contributed by atoms with Crippen LogP contribution in [-0.2, 0) is 0 Å². The summed E-state index contributed by atoms with van der Waals surface area (Å²) in [4.78, 5) is 5.01. The van der Waals surface area contributed by atoms with Gasteiger partial charge >= 0.3 is 0 Å². The number of nitrogens with zero attached hydrogens (tertiary/aromatic N) is 1. The van der Waals surface area contributed by atoms with Crippen LogP contribution in [0.5, 0.6) is 0 Å². The van der Waals surface area contributed by atoms with Crippen LogP contribution in [0.2, 0.25) is 5.02 Å². The van der Waals surface area contributed by atoms with Gasteiger partial charge in [0.15, 0.2) is 0 Å². The number of nitrogens with two attached hydrogens (primary N) is 2. The molecule has 16 heavy (non-hydrogen) atoms. The third-order valence-corrected chi connectivity index (χ3v) is 4.07. The lowest BCUT2D eigenvalue weighted by Gasteiger charge is -2.12. The molecule has 6 heteroatoms. The first kappa shape index (κ1) is 11.9. The Balaban J connectivity index is 2.40. The van der Waals surface area contributed by atoms with E-state index in [0.29, 0.717) is 10.8 Å². The number of nitrogen functional groups attached to an aromatic ring is 1. The predicted molar refractivity (Wildman–Crippen MR) is 71.7 cm³/mol. The zero-order valence-electron chi connectivity index (χ0n) is 8.15. The molecule has 3 nitrogen and oxygen atoms in total. The quantitative estimate of drug-likeness (QED) is 0.893. The van der Waals surface area contributed by atoms with Crippen LogP contribution in [0, 0.1) is 0 Å². The van der Waals surface area contributed by atoms with Crippen molar-refractivity contribution in [2.45, 2.75) is 6.04 Å². The highest BCUT2D eigenvalue weighted by molar-refractivity contribution is 9.11. The summed E-state index contributed by atoms with van der Waals surface area (Å²) >= 11 is 10.8. The van der Waals surface area contributed by atoms with Crippen molar-refractivity contribution in [2.24, 2.45) is 5.73 Å². The van der Waals surface area contributed by atoms with Crippen LogP contribution in [0.15, 0.2) is 28.2 Å². The van der Waals surface area contributed by atoms with Crippen LogP contribution in [0.25, 0.3) is 0 Å². The molecule has 4 N–H and O–H groups in total. The minimum Gasteiger partial charge on any atom is -0.383 e. The molecule has 0 fully saturated rings. The van der Waals surface area contributed by atoms with Gasteiger partial charge in [0.2, 0.25) is 0 Å². The van der Waals surface area contributed by atoms with Crippen molar-refractivity contribution in [3.63, 3.8) is 0 Å². The van der Waals surface area contributed by atoms with E-state index in [1.54, 1.807) is 17.4 Å². The van der Waals surface area contributed by atoms with E-state index in [4.69, 9.17) is 23.1 Å². The van der Waals surface area contributed by atoms with Gasteiger partial charge in [-0.15, -0.1) is 11.3 Å². The van der Waals surface area contributed by atoms with Crippen molar-refractivity contribution in [1.29, 1.82) is 0 Å². The molecule has 0 aliphatic carbocycles. The Labute approximate surface area is 111 Å². The topological polar surface area (TPSA) is 64.9 Å². The fourth-order valence-electron chi connectivity index (χ4n) is 1.36. The van der Waals surface area contributed by atoms with Crippen molar-refractivity contribution in [3.8, 4) is 0 Å². The summed E-state index contributed by atoms with van der Waals surface area (Å²) in [6.07, 6.45) is 1.51. The second-order valence-corrected chi connectivity index (χ2v) is 6.18. The van der Waals surface area contributed by atoms with E-state index < -0.39 is 0 Å². The Morgan fingerprint density at radius 2 is 2.19 bits per heavy atom. The number of anilines is 1. The zero-order chi connectivity index (χ0) is 11.7. The van der Waals surface area contributed by atoms with Crippen molar-refractivity contribution in [3.05, 3.63) is 43.6 Å². The average Bonchev–Trinajstić information content (AvgIpc) is 2.67. The maximum atomic E-state index is 6.11. The second kappa shape index (κ2) is 4.71. The lowest BCUT2D eigenvalue weighted by molar-refractivity contribution is 0.889. The van der Waals surface area contributed by atoms with Crippen LogP contribution in [-0.4, -0.2) is 4.98 Å². The molecule has 2 aromatic rings. The van der Waals surface area contributed by atoms with Gasteiger partial charge in [-0.05, 0) is 34.1 Å². The van der Waals surface area contributed by atoms with Crippen molar-refractivity contribution >= 4 is 44.7 Å². The molecule has 0 aromatic carbocycles. The summed E-state index contributed by atoms with van der Waals surface area (Å²) in [5.74, 6) is 0.418. The molecule has 2 heterocycles. The predicted octanol–water partition coefficient (Wildman–Crippen LogP) is 3.19. The van der Waals surface area contributed by atoms with Crippen molar-refractivity contribution in [2.75, 3.05) is 5.73 Å². The van der Waals surface area contributed by atoms with Gasteiger partial charge in [-0.1, -0.05) is 11.6 Å². The van der Waals surface area contributed by atoms with Crippen molar-refractivity contribution in [1.82, 2.24) is 4.98 Å². The molecule has 0 saturated heterocycles. The largest absolute Gasteiger partial charge is 0.383 e. The SMILES string of the molecule is Nc1ncc(Cl)cc1C(N)c1ccc(Br)s1. The standard InChI is InChI=1S/C10H9BrClN3S/c11-8-2-1-7(16-8)9(13)6-3-5(12)4-15-10(6)14/h1-4,9H,13H2,(H2,14,15). The van der Waals surface area contributed by atoms with E-state index in [1.807, 2.05) is 12.1 Å². The third-order valence-electron chi connectivity index (χ3n) is 2.15. The highest BCUT2D eigenvalue weighted by atomic mass is 79.9. The lowest BCUT2D eigenvalue weighted by Crippen LogP contribution is -2.13. The van der Waals surface area contributed by atoms with Crippen LogP contribution >= 0.6 is 38.9 Å². The number of pyridine rings is 1. The van der Waals surface area contributed by atoms with Gasteiger partial charge in [-0.2, -0.15) is 0 Å². The highest BCUT2D eigenvalue weighted by Gasteiger charge is 2.15. The maximum absolute atomic E-state index is 6.11. The van der Waals surface area contributed by atoms with Crippen LogP contribution in [0.3, 0.4) is 0 Å². The number of rotatable bonds is 2. The smallest absolute Gasteiger partial charge is 0.128 e. The van der Waals surface area contributed by atoms with E-state index in [1.165, 1.54) is 6.20 Å². The first-order valence-corrected chi connectivity index (χ1v) is 6.48. The third kappa shape index (κ3) is 2.38. The van der Waals surface area contributed by atoms with Gasteiger partial charge in [0.25, 0.3) is 0 Å². The molecular formula is C10H9BrClN3S. The Kier molecular flexibility index (Phi) is 3.49. The first-order chi connectivity index (χ1) is 7.58. The Hall–Kier alpha value is -0.620. The molecule has 0 saturated carbocycles. The molecule has 84 valence electrons. The molecule has 2 aromatic heterocycles. The molecule has 0 bridgehead atoms. The number of hydrogen-bond acceptors (Lipinski definition) is 4. The Bertz CT molecular complexity index is 515. The molecule has 2 rings (SSSR count). The van der Waals surface area contributed by atoms with Crippen LogP contribution < -0.4 is 11.5 Å². The Morgan fingerprint density at radius 3 is 2.81 bits per heavy atom. The molecule has 1 atom stereocenters. The average molecular weight is 319 g/mol. The van der Waals surface area contributed by atoms with Gasteiger partial charge in [-0.3, -0.25) is 0 Å². The zero-order valence-corrected chi connectivity index (χ0v) is 11.3. The fraction of sp³-hybridized carbons (Fsp3) is 0.100. The normalized spacial score (nSPS) is 12.7. The summed E-state index contributed by atoms with van der Waals surface area (Å²) in [6, 6.07) is 5.37. The monoisotopic (exact) mass is 317 g/mol. The number of aromatic nitrogens is 1. The number of halogens is 2. The summed E-state index contributed by atoms with van der Waals surface area (Å²) in [5.41, 5.74) is 12.6. The molecule has 0 spiro atoms. The van der Waals surface area contributed by atoms with Gasteiger partial charge in [0.1, 0.15) is 5.82 Å². The minimum absolute atomic E-state index is 0.289. The first-order valence-electron chi connectivity index (χ1n) is 4.49. The second-order valence-electron chi connectivity index (χ2n) is 3.25. The van der Waals surface area contributed by atoms with Gasteiger partial charge in [0.05, 0.1) is 14.9 Å². The molecule has 0 aliphatic rings. The molecule has 0 radical (unpaired) electrons. The maximum Gasteiger partial charge on any atom is 0.128 e. The van der Waals surface area contributed by atoms with Crippen LogP contribution in [0.4, 0.5) is 5.82 Å². The minimum atomic E-state index is -0.289. The van der Waals surface area contributed by atoms with E-state index in [-0.39, 0.29) is 6.04 Å². The summed E-state index contributed by atoms with van der Waals surface area (Å²) in [5, 5.41) is 0.537. The summed E-state index contributed by atoms with van der Waals surface area (Å²) in [7, 11) is 0. The van der Waals surface area contributed by atoms with E-state index in [0.717, 1.165) is 14.2 Å². The van der Waals surface area contributed by atoms with Crippen LogP contribution in [0.1, 0.15) is 16.5 Å². The van der Waals surface area contributed by atoms with E-state index in [2.05, 4.69) is 20.9 Å². The molecular weight excluding hydrogens is 310 g/mol. The molecule has 0 amide bonds. The lowest BCUT2D eigenvalue weighted by atomic mass is 10.1. The fourth-order valence-corrected chi connectivity index (χ4v) is 2.97. The number of thiophene rings is 1. The van der Waals surface area contributed by atoms with E-state index in [9.17, 15) is 0 Å². The molecule has 0 aliphatic heterocycles. The molecule has 1 unspecified atom stereocenters. The summed E-state index contributed by atoms with van der Waals surface area (Å²) in [6.45, 7) is 0. The van der Waals surface area contributed by atoms with Gasteiger partial charge in [0, 0.05) is 16.6 Å². The Morgan fingerprint density at radius 1 is 1.44 bits per heavy atom. The number of hydrogen-bond donors (Lipinski definition) is 2. The van der Waals surface area contributed by atoms with E-state index >= 15 is 0 Å².